The maximum Gasteiger partial charge on any atom is 0.269 e. The molecule has 0 aromatic heterocycles. The molecule has 1 heterocycles. The van der Waals surface area contributed by atoms with E-state index in [9.17, 15) is 14.9 Å². The molecule has 1 aliphatic rings. The monoisotopic (exact) mass is 397 g/mol. The van der Waals surface area contributed by atoms with E-state index in [1.54, 1.807) is 49.5 Å². The van der Waals surface area contributed by atoms with Crippen molar-refractivity contribution in [2.45, 2.75) is 0 Å². The lowest BCUT2D eigenvalue weighted by Crippen LogP contribution is -2.48. The van der Waals surface area contributed by atoms with Gasteiger partial charge in [0.05, 0.1) is 19.1 Å². The summed E-state index contributed by atoms with van der Waals surface area (Å²) in [7, 11) is 3.16. The molecule has 0 N–H and O–H groups in total. The van der Waals surface area contributed by atoms with Gasteiger partial charge < -0.3 is 19.3 Å². The summed E-state index contributed by atoms with van der Waals surface area (Å²) >= 11 is 0. The fourth-order valence-electron chi connectivity index (χ4n) is 3.19. The molecule has 8 heteroatoms. The van der Waals surface area contributed by atoms with E-state index in [4.69, 9.17) is 9.47 Å². The Balaban J connectivity index is 1.58. The van der Waals surface area contributed by atoms with Crippen LogP contribution in [0, 0.1) is 10.1 Å². The Morgan fingerprint density at radius 2 is 1.72 bits per heavy atom. The number of amides is 1. The molecule has 0 unspecified atom stereocenters. The molecule has 0 bridgehead atoms. The third-order valence-electron chi connectivity index (χ3n) is 4.86. The number of carbonyl (C=O) groups is 1. The van der Waals surface area contributed by atoms with Gasteiger partial charge >= 0.3 is 0 Å². The van der Waals surface area contributed by atoms with Crippen molar-refractivity contribution in [3.63, 3.8) is 0 Å². The highest BCUT2D eigenvalue weighted by Gasteiger charge is 2.20. The summed E-state index contributed by atoms with van der Waals surface area (Å²) in [6, 6.07) is 11.9. The first-order chi connectivity index (χ1) is 14.0. The molecule has 1 amide bonds. The summed E-state index contributed by atoms with van der Waals surface area (Å²) in [5.74, 6) is 1.26. The third kappa shape index (κ3) is 4.84. The van der Waals surface area contributed by atoms with Crippen molar-refractivity contribution in [2.75, 3.05) is 45.3 Å². The molecule has 1 fully saturated rings. The van der Waals surface area contributed by atoms with Crippen molar-refractivity contribution in [3.05, 3.63) is 64.2 Å². The first kappa shape index (κ1) is 20.2. The number of benzene rings is 2. The third-order valence-corrected chi connectivity index (χ3v) is 4.86. The number of carbonyl (C=O) groups excluding carboxylic acids is 1. The van der Waals surface area contributed by atoms with Crippen LogP contribution in [0.3, 0.4) is 0 Å². The molecule has 152 valence electrons. The van der Waals surface area contributed by atoms with E-state index >= 15 is 0 Å². The van der Waals surface area contributed by atoms with E-state index in [0.29, 0.717) is 37.7 Å². The molecule has 0 aliphatic carbocycles. The minimum atomic E-state index is -0.412. The van der Waals surface area contributed by atoms with Gasteiger partial charge in [0.25, 0.3) is 5.69 Å². The first-order valence-corrected chi connectivity index (χ1v) is 9.20. The highest BCUT2D eigenvalue weighted by molar-refractivity contribution is 5.92. The van der Waals surface area contributed by atoms with Gasteiger partial charge in [-0.15, -0.1) is 0 Å². The zero-order valence-corrected chi connectivity index (χ0v) is 16.4. The Kier molecular flexibility index (Phi) is 6.33. The number of hydrogen-bond acceptors (Lipinski definition) is 6. The second kappa shape index (κ2) is 9.09. The van der Waals surface area contributed by atoms with Crippen molar-refractivity contribution in [1.82, 2.24) is 4.90 Å². The molecule has 2 aromatic rings. The largest absolute Gasteiger partial charge is 0.497 e. The zero-order valence-electron chi connectivity index (χ0n) is 16.4. The zero-order chi connectivity index (χ0) is 20.8. The van der Waals surface area contributed by atoms with Crippen LogP contribution in [-0.4, -0.2) is 56.1 Å². The van der Waals surface area contributed by atoms with Crippen LogP contribution >= 0.6 is 0 Å². The number of methoxy groups -OCH3 is 2. The number of nitro benzene ring substituents is 1. The Morgan fingerprint density at radius 3 is 2.31 bits per heavy atom. The number of hydrogen-bond donors (Lipinski definition) is 0. The van der Waals surface area contributed by atoms with Crippen LogP contribution in [0.1, 0.15) is 5.56 Å². The highest BCUT2D eigenvalue weighted by atomic mass is 16.6. The molecule has 1 aliphatic heterocycles. The van der Waals surface area contributed by atoms with Crippen LogP contribution in [0.15, 0.2) is 48.5 Å². The predicted octanol–water partition coefficient (Wildman–Crippen LogP) is 2.97. The topological polar surface area (TPSA) is 85.2 Å². The Labute approximate surface area is 169 Å². The lowest BCUT2D eigenvalue weighted by molar-refractivity contribution is -0.384. The molecule has 0 radical (unpaired) electrons. The van der Waals surface area contributed by atoms with Gasteiger partial charge in [0.1, 0.15) is 11.5 Å². The number of nitro groups is 1. The Hall–Kier alpha value is -3.55. The molecule has 3 rings (SSSR count). The summed E-state index contributed by atoms with van der Waals surface area (Å²) in [6.45, 7) is 2.51. The molecule has 0 saturated carbocycles. The number of anilines is 1. The Bertz CT molecular complexity index is 903. The van der Waals surface area contributed by atoms with E-state index in [2.05, 4.69) is 4.90 Å². The summed E-state index contributed by atoms with van der Waals surface area (Å²) in [5.41, 5.74) is 1.79. The highest BCUT2D eigenvalue weighted by Crippen LogP contribution is 2.26. The molecular weight excluding hydrogens is 374 g/mol. The minimum Gasteiger partial charge on any atom is -0.497 e. The number of piperazine rings is 1. The SMILES string of the molecule is COc1ccc(/C=C/C(=O)N2CCN(c3ccc([N+](=O)[O-])cc3)CC2)c(OC)c1. The maximum absolute atomic E-state index is 12.5. The second-order valence-electron chi connectivity index (χ2n) is 6.53. The summed E-state index contributed by atoms with van der Waals surface area (Å²) in [6.07, 6.45) is 3.29. The maximum atomic E-state index is 12.5. The van der Waals surface area contributed by atoms with E-state index in [-0.39, 0.29) is 11.6 Å². The summed E-state index contributed by atoms with van der Waals surface area (Å²) in [4.78, 5) is 26.8. The van der Waals surface area contributed by atoms with Crippen molar-refractivity contribution >= 4 is 23.4 Å². The number of nitrogens with zero attached hydrogens (tertiary/aromatic N) is 3. The minimum absolute atomic E-state index is 0.0637. The van der Waals surface area contributed by atoms with Crippen molar-refractivity contribution in [2.24, 2.45) is 0 Å². The van der Waals surface area contributed by atoms with Crippen LogP contribution in [0.5, 0.6) is 11.5 Å². The van der Waals surface area contributed by atoms with E-state index in [0.717, 1.165) is 11.3 Å². The lowest BCUT2D eigenvalue weighted by atomic mass is 10.1. The average Bonchev–Trinajstić information content (AvgIpc) is 2.77. The Morgan fingerprint density at radius 1 is 1.03 bits per heavy atom. The van der Waals surface area contributed by atoms with Gasteiger partial charge in [0.15, 0.2) is 0 Å². The van der Waals surface area contributed by atoms with Gasteiger partial charge in [-0.2, -0.15) is 0 Å². The van der Waals surface area contributed by atoms with Crippen LogP contribution in [0.4, 0.5) is 11.4 Å². The quantitative estimate of drug-likeness (QED) is 0.423. The van der Waals surface area contributed by atoms with Gasteiger partial charge in [0, 0.05) is 61.7 Å². The molecular formula is C21H23N3O5. The molecule has 0 atom stereocenters. The van der Waals surface area contributed by atoms with Gasteiger partial charge in [-0.1, -0.05) is 0 Å². The van der Waals surface area contributed by atoms with Crippen LogP contribution in [0.2, 0.25) is 0 Å². The molecule has 0 spiro atoms. The average molecular weight is 397 g/mol. The molecule has 8 nitrogen and oxygen atoms in total. The molecule has 29 heavy (non-hydrogen) atoms. The van der Waals surface area contributed by atoms with E-state index in [1.807, 2.05) is 12.1 Å². The first-order valence-electron chi connectivity index (χ1n) is 9.20. The normalized spacial score (nSPS) is 14.1. The lowest BCUT2D eigenvalue weighted by Gasteiger charge is -2.35. The predicted molar refractivity (Wildman–Crippen MR) is 110 cm³/mol. The second-order valence-corrected chi connectivity index (χ2v) is 6.53. The van der Waals surface area contributed by atoms with E-state index < -0.39 is 4.92 Å². The van der Waals surface area contributed by atoms with Gasteiger partial charge in [-0.25, -0.2) is 0 Å². The van der Waals surface area contributed by atoms with Crippen molar-refractivity contribution in [1.29, 1.82) is 0 Å². The van der Waals surface area contributed by atoms with Crippen molar-refractivity contribution in [3.8, 4) is 11.5 Å². The smallest absolute Gasteiger partial charge is 0.269 e. The van der Waals surface area contributed by atoms with Gasteiger partial charge in [-0.05, 0) is 30.3 Å². The number of ether oxygens (including phenoxy) is 2. The van der Waals surface area contributed by atoms with Crippen LogP contribution < -0.4 is 14.4 Å². The molecule has 1 saturated heterocycles. The standard InChI is InChI=1S/C21H23N3O5/c1-28-19-9-3-16(20(15-19)29-2)4-10-21(25)23-13-11-22(12-14-23)17-5-7-18(8-6-17)24(26)27/h3-10,15H,11-14H2,1-2H3/b10-4+. The van der Waals surface area contributed by atoms with Gasteiger partial charge in [0.2, 0.25) is 5.91 Å². The number of non-ortho nitro benzene ring substituents is 1. The summed E-state index contributed by atoms with van der Waals surface area (Å²) in [5, 5.41) is 10.8. The van der Waals surface area contributed by atoms with Crippen LogP contribution in [0.25, 0.3) is 6.08 Å². The fraction of sp³-hybridized carbons (Fsp3) is 0.286. The van der Waals surface area contributed by atoms with Crippen molar-refractivity contribution < 1.29 is 19.2 Å². The van der Waals surface area contributed by atoms with Gasteiger partial charge in [-0.3, -0.25) is 14.9 Å². The molecule has 2 aromatic carbocycles. The number of rotatable bonds is 6. The summed E-state index contributed by atoms with van der Waals surface area (Å²) < 4.78 is 10.5. The van der Waals surface area contributed by atoms with E-state index in [1.165, 1.54) is 12.1 Å². The fourth-order valence-corrected chi connectivity index (χ4v) is 3.19. The van der Waals surface area contributed by atoms with Crippen LogP contribution in [-0.2, 0) is 4.79 Å².